The third-order valence-electron chi connectivity index (χ3n) is 3.35. The first kappa shape index (κ1) is 12.2. The number of amides is 1. The van der Waals surface area contributed by atoms with Gasteiger partial charge in [-0.2, -0.15) is 11.8 Å². The summed E-state index contributed by atoms with van der Waals surface area (Å²) < 4.78 is 0. The highest BCUT2D eigenvalue weighted by Crippen LogP contribution is 2.17. The van der Waals surface area contributed by atoms with Crippen LogP contribution in [-0.2, 0) is 4.79 Å². The largest absolute Gasteiger partial charge is 0.341 e. The van der Waals surface area contributed by atoms with E-state index in [4.69, 9.17) is 0 Å². The van der Waals surface area contributed by atoms with Gasteiger partial charge in [0.1, 0.15) is 0 Å². The second-order valence-corrected chi connectivity index (χ2v) is 6.07. The fourth-order valence-corrected chi connectivity index (χ4v) is 3.64. The second-order valence-electron chi connectivity index (χ2n) is 4.93. The third kappa shape index (κ3) is 3.39. The van der Waals surface area contributed by atoms with Crippen LogP contribution in [0.15, 0.2) is 0 Å². The zero-order chi connectivity index (χ0) is 11.4. The van der Waals surface area contributed by atoms with Crippen LogP contribution in [0.1, 0.15) is 32.6 Å². The summed E-state index contributed by atoms with van der Waals surface area (Å²) in [5.41, 5.74) is 0. The predicted octanol–water partition coefficient (Wildman–Crippen LogP) is 1.48. The minimum atomic E-state index is 0.340. The molecule has 0 aliphatic carbocycles. The molecule has 2 unspecified atom stereocenters. The number of thioether (sulfide) groups is 1. The summed E-state index contributed by atoms with van der Waals surface area (Å²) in [5.74, 6) is 2.89. The Labute approximate surface area is 102 Å². The minimum Gasteiger partial charge on any atom is -0.341 e. The van der Waals surface area contributed by atoms with Gasteiger partial charge in [0.25, 0.3) is 0 Å². The topological polar surface area (TPSA) is 32.3 Å². The Morgan fingerprint density at radius 2 is 2.44 bits per heavy atom. The zero-order valence-corrected chi connectivity index (χ0v) is 10.9. The van der Waals surface area contributed by atoms with Gasteiger partial charge in [0.05, 0.1) is 0 Å². The molecule has 0 radical (unpaired) electrons. The first-order chi connectivity index (χ1) is 7.75. The molecule has 0 aromatic rings. The van der Waals surface area contributed by atoms with Crippen LogP contribution >= 0.6 is 11.8 Å². The highest BCUT2D eigenvalue weighted by atomic mass is 32.2. The molecular formula is C12H22N2OS. The first-order valence-electron chi connectivity index (χ1n) is 6.37. The van der Waals surface area contributed by atoms with Gasteiger partial charge in [-0.15, -0.1) is 0 Å². The molecule has 2 fully saturated rings. The molecule has 1 N–H and O–H groups in total. The lowest BCUT2D eigenvalue weighted by Gasteiger charge is -2.28. The smallest absolute Gasteiger partial charge is 0.222 e. The number of carbonyl (C=O) groups excluding carboxylic acids is 1. The van der Waals surface area contributed by atoms with E-state index in [0.717, 1.165) is 25.9 Å². The van der Waals surface area contributed by atoms with Gasteiger partial charge in [-0.3, -0.25) is 4.79 Å². The second kappa shape index (κ2) is 5.92. The van der Waals surface area contributed by atoms with Crippen molar-refractivity contribution >= 4 is 17.7 Å². The summed E-state index contributed by atoms with van der Waals surface area (Å²) >= 11 is 2.05. The maximum Gasteiger partial charge on any atom is 0.222 e. The van der Waals surface area contributed by atoms with Crippen molar-refractivity contribution in [1.82, 2.24) is 10.2 Å². The average molecular weight is 242 g/mol. The Kier molecular flexibility index (Phi) is 4.53. The summed E-state index contributed by atoms with van der Waals surface area (Å²) in [5, 5.41) is 3.65. The Bertz CT molecular complexity index is 241. The van der Waals surface area contributed by atoms with Crippen LogP contribution in [0.5, 0.6) is 0 Å². The molecule has 92 valence electrons. The van der Waals surface area contributed by atoms with Crippen LogP contribution in [0.3, 0.4) is 0 Å². The summed E-state index contributed by atoms with van der Waals surface area (Å²) in [6.45, 7) is 4.05. The van der Waals surface area contributed by atoms with Gasteiger partial charge in [0.15, 0.2) is 0 Å². The summed E-state index contributed by atoms with van der Waals surface area (Å²) in [7, 11) is 0. The van der Waals surface area contributed by atoms with Crippen molar-refractivity contribution in [2.75, 3.05) is 24.6 Å². The molecule has 1 amide bonds. The van der Waals surface area contributed by atoms with Crippen LogP contribution in [0.4, 0.5) is 0 Å². The zero-order valence-electron chi connectivity index (χ0n) is 10.1. The van der Waals surface area contributed by atoms with E-state index in [1.165, 1.54) is 24.3 Å². The van der Waals surface area contributed by atoms with Crippen molar-refractivity contribution in [3.05, 3.63) is 0 Å². The molecular weight excluding hydrogens is 220 g/mol. The van der Waals surface area contributed by atoms with Crippen molar-refractivity contribution in [2.24, 2.45) is 0 Å². The molecule has 2 rings (SSSR count). The van der Waals surface area contributed by atoms with Gasteiger partial charge in [-0.05, 0) is 31.9 Å². The fourth-order valence-electron chi connectivity index (χ4n) is 2.55. The SMILES string of the molecule is CC(CN1CCCC1=O)NC1CCCSC1. The lowest BCUT2D eigenvalue weighted by molar-refractivity contribution is -0.127. The number of carbonyl (C=O) groups is 1. The molecule has 16 heavy (non-hydrogen) atoms. The van der Waals surface area contributed by atoms with Gasteiger partial charge in [-0.25, -0.2) is 0 Å². The van der Waals surface area contributed by atoms with Crippen LogP contribution in [0, 0.1) is 0 Å². The quantitative estimate of drug-likeness (QED) is 0.810. The van der Waals surface area contributed by atoms with Crippen molar-refractivity contribution < 1.29 is 4.79 Å². The van der Waals surface area contributed by atoms with Crippen LogP contribution in [0.25, 0.3) is 0 Å². The van der Waals surface area contributed by atoms with Gasteiger partial charge < -0.3 is 10.2 Å². The molecule has 0 saturated carbocycles. The summed E-state index contributed by atoms with van der Waals surface area (Å²) in [4.78, 5) is 13.5. The van der Waals surface area contributed by atoms with E-state index < -0.39 is 0 Å². The van der Waals surface area contributed by atoms with Crippen molar-refractivity contribution in [3.63, 3.8) is 0 Å². The van der Waals surface area contributed by atoms with E-state index >= 15 is 0 Å². The van der Waals surface area contributed by atoms with Crippen molar-refractivity contribution in [1.29, 1.82) is 0 Å². The number of hydrogen-bond acceptors (Lipinski definition) is 3. The lowest BCUT2D eigenvalue weighted by Crippen LogP contribution is -2.46. The maximum atomic E-state index is 11.5. The molecule has 2 saturated heterocycles. The Morgan fingerprint density at radius 3 is 3.06 bits per heavy atom. The van der Waals surface area contributed by atoms with Gasteiger partial charge >= 0.3 is 0 Å². The molecule has 4 heteroatoms. The van der Waals surface area contributed by atoms with E-state index in [1.807, 2.05) is 16.7 Å². The molecule has 0 bridgehead atoms. The number of nitrogens with one attached hydrogen (secondary N) is 1. The van der Waals surface area contributed by atoms with E-state index in [1.54, 1.807) is 0 Å². The van der Waals surface area contributed by atoms with Gasteiger partial charge in [-0.1, -0.05) is 0 Å². The van der Waals surface area contributed by atoms with Crippen molar-refractivity contribution in [2.45, 2.75) is 44.7 Å². The molecule has 2 aliphatic heterocycles. The van der Waals surface area contributed by atoms with Gasteiger partial charge in [0.2, 0.25) is 5.91 Å². The molecule has 3 nitrogen and oxygen atoms in total. The third-order valence-corrected chi connectivity index (χ3v) is 4.56. The van der Waals surface area contributed by atoms with E-state index in [0.29, 0.717) is 18.0 Å². The van der Waals surface area contributed by atoms with Crippen LogP contribution in [-0.4, -0.2) is 47.5 Å². The molecule has 0 spiro atoms. The first-order valence-corrected chi connectivity index (χ1v) is 7.53. The maximum absolute atomic E-state index is 11.5. The highest BCUT2D eigenvalue weighted by molar-refractivity contribution is 7.99. The molecule has 0 aromatic heterocycles. The molecule has 2 atom stereocenters. The summed E-state index contributed by atoms with van der Waals surface area (Å²) in [6.07, 6.45) is 4.43. The van der Waals surface area contributed by atoms with Crippen molar-refractivity contribution in [3.8, 4) is 0 Å². The van der Waals surface area contributed by atoms with E-state index in [-0.39, 0.29) is 0 Å². The normalized spacial score (nSPS) is 28.4. The van der Waals surface area contributed by atoms with E-state index in [9.17, 15) is 4.79 Å². The molecule has 0 aromatic carbocycles. The van der Waals surface area contributed by atoms with E-state index in [2.05, 4.69) is 12.2 Å². The predicted molar refractivity (Wildman–Crippen MR) is 68.8 cm³/mol. The average Bonchev–Trinajstić information content (AvgIpc) is 2.66. The molecule has 2 aliphatic rings. The molecule has 2 heterocycles. The monoisotopic (exact) mass is 242 g/mol. The number of rotatable bonds is 4. The highest BCUT2D eigenvalue weighted by Gasteiger charge is 2.23. The number of likely N-dealkylation sites (tertiary alicyclic amines) is 1. The fraction of sp³-hybridized carbons (Fsp3) is 0.917. The lowest BCUT2D eigenvalue weighted by atomic mass is 10.1. The van der Waals surface area contributed by atoms with Crippen LogP contribution < -0.4 is 5.32 Å². The minimum absolute atomic E-state index is 0.340. The van der Waals surface area contributed by atoms with Gasteiger partial charge in [0, 0.05) is 37.3 Å². The Morgan fingerprint density at radius 1 is 1.56 bits per heavy atom. The Hall–Kier alpha value is -0.220. The van der Waals surface area contributed by atoms with Crippen LogP contribution in [0.2, 0.25) is 0 Å². The Balaban J connectivity index is 1.70. The number of nitrogens with zero attached hydrogens (tertiary/aromatic N) is 1. The number of hydrogen-bond donors (Lipinski definition) is 1. The summed E-state index contributed by atoms with van der Waals surface area (Å²) in [6, 6.07) is 1.09. The standard InChI is InChI=1S/C12H22N2OS/c1-10(8-14-6-2-5-12(14)15)13-11-4-3-7-16-9-11/h10-11,13H,2-9H2,1H3.